The first-order valence-corrected chi connectivity index (χ1v) is 8.72. The summed E-state index contributed by atoms with van der Waals surface area (Å²) in [5.74, 6) is -0.801. The second-order valence-corrected chi connectivity index (χ2v) is 6.51. The number of nitrogens with one attached hydrogen (secondary N) is 1. The lowest BCUT2D eigenvalue weighted by Crippen LogP contribution is -2.20. The Balaban J connectivity index is 1.58. The molecule has 0 spiro atoms. The van der Waals surface area contributed by atoms with E-state index in [1.807, 2.05) is 35.9 Å². The Kier molecular flexibility index (Phi) is 4.45. The number of carbonyl (C=O) groups is 1. The van der Waals surface area contributed by atoms with E-state index in [4.69, 9.17) is 5.26 Å². The first-order chi connectivity index (χ1) is 13.5. The molecule has 0 fully saturated rings. The first kappa shape index (κ1) is 17.6. The summed E-state index contributed by atoms with van der Waals surface area (Å²) in [5.41, 5.74) is 3.29. The maximum absolute atomic E-state index is 14.5. The lowest BCUT2D eigenvalue weighted by atomic mass is 10.0. The van der Waals surface area contributed by atoms with Gasteiger partial charge in [0.25, 0.3) is 5.91 Å². The average molecular weight is 373 g/mol. The number of benzene rings is 1. The number of fused-ring (bicyclic) bond motifs is 1. The summed E-state index contributed by atoms with van der Waals surface area (Å²) in [5, 5.41) is 11.5. The van der Waals surface area contributed by atoms with Gasteiger partial charge in [-0.25, -0.2) is 9.37 Å². The average Bonchev–Trinajstić information content (AvgIpc) is 3.19. The van der Waals surface area contributed by atoms with Crippen LogP contribution in [0, 0.1) is 17.1 Å². The molecule has 0 radical (unpaired) electrons. The van der Waals surface area contributed by atoms with Crippen LogP contribution in [0.2, 0.25) is 0 Å². The van der Waals surface area contributed by atoms with E-state index in [-0.39, 0.29) is 17.6 Å². The van der Waals surface area contributed by atoms with Gasteiger partial charge in [0.1, 0.15) is 17.6 Å². The van der Waals surface area contributed by atoms with Crippen LogP contribution in [0.5, 0.6) is 0 Å². The minimum atomic E-state index is -0.432. The van der Waals surface area contributed by atoms with Gasteiger partial charge in [-0.2, -0.15) is 5.26 Å². The molecule has 1 aliphatic rings. The molecule has 0 unspecified atom stereocenters. The van der Waals surface area contributed by atoms with Crippen LogP contribution >= 0.6 is 0 Å². The summed E-state index contributed by atoms with van der Waals surface area (Å²) >= 11 is 0. The van der Waals surface area contributed by atoms with E-state index in [2.05, 4.69) is 15.3 Å². The van der Waals surface area contributed by atoms with Crippen molar-refractivity contribution < 1.29 is 9.18 Å². The molecule has 3 heterocycles. The van der Waals surface area contributed by atoms with Crippen LogP contribution < -0.4 is 5.32 Å². The number of nitriles is 1. The second kappa shape index (κ2) is 7.08. The Morgan fingerprint density at radius 1 is 1.32 bits per heavy atom. The summed E-state index contributed by atoms with van der Waals surface area (Å²) in [7, 11) is 0. The Morgan fingerprint density at radius 2 is 2.18 bits per heavy atom. The van der Waals surface area contributed by atoms with E-state index in [0.717, 1.165) is 11.4 Å². The highest BCUT2D eigenvalue weighted by Gasteiger charge is 2.22. The van der Waals surface area contributed by atoms with E-state index < -0.39 is 5.91 Å². The van der Waals surface area contributed by atoms with Gasteiger partial charge in [0.15, 0.2) is 0 Å². The molecule has 3 aromatic rings. The van der Waals surface area contributed by atoms with Gasteiger partial charge in [0, 0.05) is 30.2 Å². The van der Waals surface area contributed by atoms with Gasteiger partial charge in [-0.3, -0.25) is 9.79 Å². The molecule has 4 rings (SSSR count). The van der Waals surface area contributed by atoms with E-state index in [9.17, 15) is 9.18 Å². The van der Waals surface area contributed by atoms with Crippen molar-refractivity contribution in [1.29, 1.82) is 5.26 Å². The molecule has 138 valence electrons. The quantitative estimate of drug-likeness (QED) is 0.760. The lowest BCUT2D eigenvalue weighted by molar-refractivity contribution is 0.102. The molecule has 1 aliphatic heterocycles. The summed E-state index contributed by atoms with van der Waals surface area (Å²) in [6.07, 6.45) is 3.28. The monoisotopic (exact) mass is 373 g/mol. The van der Waals surface area contributed by atoms with Crippen molar-refractivity contribution in [1.82, 2.24) is 9.55 Å². The topological polar surface area (TPSA) is 83.1 Å². The van der Waals surface area contributed by atoms with Crippen molar-refractivity contribution in [3.05, 3.63) is 83.2 Å². The van der Waals surface area contributed by atoms with Gasteiger partial charge >= 0.3 is 0 Å². The molecule has 1 amide bonds. The van der Waals surface area contributed by atoms with Crippen molar-refractivity contribution in [2.24, 2.45) is 4.99 Å². The number of nitrogens with zero attached hydrogens (tertiary/aromatic N) is 4. The number of carbonyl (C=O) groups excluding carboxylic acids is 1. The highest BCUT2D eigenvalue weighted by molar-refractivity contribution is 6.03. The number of hydrogen-bond acceptors (Lipinski definition) is 4. The van der Waals surface area contributed by atoms with Crippen molar-refractivity contribution in [3.63, 3.8) is 0 Å². The number of hydrogen-bond donors (Lipinski definition) is 1. The van der Waals surface area contributed by atoms with Crippen molar-refractivity contribution in [2.75, 3.05) is 5.32 Å². The Labute approximate surface area is 161 Å². The molecule has 28 heavy (non-hydrogen) atoms. The Morgan fingerprint density at radius 3 is 2.93 bits per heavy atom. The molecular formula is C21H16FN5O. The summed E-state index contributed by atoms with van der Waals surface area (Å²) in [4.78, 5) is 21.0. The maximum atomic E-state index is 14.5. The molecule has 0 saturated heterocycles. The second-order valence-electron chi connectivity index (χ2n) is 6.51. The van der Waals surface area contributed by atoms with Crippen LogP contribution in [-0.4, -0.2) is 21.2 Å². The third-order valence-electron chi connectivity index (χ3n) is 4.66. The smallest absolute Gasteiger partial charge is 0.274 e. The zero-order valence-corrected chi connectivity index (χ0v) is 15.1. The molecule has 1 N–H and O–H groups in total. The maximum Gasteiger partial charge on any atom is 0.274 e. The molecule has 6 nitrogen and oxygen atoms in total. The zero-order chi connectivity index (χ0) is 19.7. The normalized spacial score (nSPS) is 15.3. The van der Waals surface area contributed by atoms with Crippen molar-refractivity contribution in [3.8, 4) is 6.07 Å². The fraction of sp³-hybridized carbons (Fsp3) is 0.143. The number of amides is 1. The molecule has 0 bridgehead atoms. The highest BCUT2D eigenvalue weighted by Crippen LogP contribution is 2.30. The number of aliphatic imine (C=N–C) groups is 1. The van der Waals surface area contributed by atoms with Crippen molar-refractivity contribution >= 4 is 17.3 Å². The van der Waals surface area contributed by atoms with Gasteiger partial charge in [0.2, 0.25) is 0 Å². The molecule has 2 aromatic heterocycles. The third-order valence-corrected chi connectivity index (χ3v) is 4.66. The van der Waals surface area contributed by atoms with E-state index in [0.29, 0.717) is 23.4 Å². The first-order valence-electron chi connectivity index (χ1n) is 8.72. The number of rotatable bonds is 3. The number of halogens is 1. The van der Waals surface area contributed by atoms with Crippen LogP contribution in [0.15, 0.2) is 59.9 Å². The van der Waals surface area contributed by atoms with Crippen LogP contribution in [-0.2, 0) is 6.54 Å². The van der Waals surface area contributed by atoms with E-state index in [1.54, 1.807) is 6.07 Å². The predicted octanol–water partition coefficient (Wildman–Crippen LogP) is 3.71. The highest BCUT2D eigenvalue weighted by atomic mass is 19.1. The lowest BCUT2D eigenvalue weighted by Gasteiger charge is -2.23. The van der Waals surface area contributed by atoms with Gasteiger partial charge in [-0.05, 0) is 49.4 Å². The summed E-state index contributed by atoms with van der Waals surface area (Å²) in [6, 6.07) is 12.9. The number of anilines is 1. The fourth-order valence-electron chi connectivity index (χ4n) is 3.26. The molecular weight excluding hydrogens is 357 g/mol. The van der Waals surface area contributed by atoms with Crippen molar-refractivity contribution in [2.45, 2.75) is 19.5 Å². The van der Waals surface area contributed by atoms with Gasteiger partial charge in [-0.15, -0.1) is 0 Å². The predicted molar refractivity (Wildman–Crippen MR) is 103 cm³/mol. The molecule has 0 aliphatic carbocycles. The largest absolute Gasteiger partial charge is 0.344 e. The molecule has 1 atom stereocenters. The Bertz CT molecular complexity index is 1120. The van der Waals surface area contributed by atoms with Crippen LogP contribution in [0.25, 0.3) is 0 Å². The summed E-state index contributed by atoms with van der Waals surface area (Å²) in [6.45, 7) is 2.43. The van der Waals surface area contributed by atoms with Gasteiger partial charge in [-0.1, -0.05) is 0 Å². The van der Waals surface area contributed by atoms with Gasteiger partial charge < -0.3 is 9.88 Å². The molecule has 7 heteroatoms. The minimum absolute atomic E-state index is 0.174. The number of aromatic nitrogens is 2. The van der Waals surface area contributed by atoms with Crippen LogP contribution in [0.4, 0.5) is 10.1 Å². The number of pyridine rings is 1. The summed E-state index contributed by atoms with van der Waals surface area (Å²) < 4.78 is 16.5. The standard InChI is InChI=1S/C21H16FN5O/c1-13-20-3-2-8-27(20)12-19(25-13)16-9-15(5-6-17(16)22)26-21(28)18-7-4-14(10-23)11-24-18/h2-9,11,19H,12H2,1H3,(H,26,28)/t19-/m0/s1. The SMILES string of the molecule is CC1=N[C@H](c2cc(NC(=O)c3ccc(C#N)cn3)ccc2F)Cn2cccc21. The molecule has 0 saturated carbocycles. The zero-order valence-electron chi connectivity index (χ0n) is 15.1. The van der Waals surface area contributed by atoms with Crippen LogP contribution in [0.1, 0.15) is 40.3 Å². The molecule has 1 aromatic carbocycles. The van der Waals surface area contributed by atoms with E-state index in [1.165, 1.54) is 30.5 Å². The Hall–Kier alpha value is -3.79. The fourth-order valence-corrected chi connectivity index (χ4v) is 3.26. The van der Waals surface area contributed by atoms with E-state index >= 15 is 0 Å². The third kappa shape index (κ3) is 3.28. The van der Waals surface area contributed by atoms with Crippen LogP contribution in [0.3, 0.4) is 0 Å². The van der Waals surface area contributed by atoms with Gasteiger partial charge in [0.05, 0.1) is 23.0 Å². The minimum Gasteiger partial charge on any atom is -0.344 e.